The Hall–Kier alpha value is -0.930. The molecule has 0 radical (unpaired) electrons. The maximum atomic E-state index is 12.3. The van der Waals surface area contributed by atoms with Gasteiger partial charge in [0.25, 0.3) is 0 Å². The minimum atomic E-state index is -0.192. The molecule has 4 unspecified atom stereocenters. The Morgan fingerprint density at radius 3 is 2.74 bits per heavy atom. The molecule has 106 valence electrons. The molecule has 2 aliphatic rings. The van der Waals surface area contributed by atoms with Gasteiger partial charge in [-0.2, -0.15) is 0 Å². The largest absolute Gasteiger partial charge is 0.396 e. The Labute approximate surface area is 115 Å². The lowest BCUT2D eigenvalue weighted by Crippen LogP contribution is -2.49. The van der Waals surface area contributed by atoms with Crippen LogP contribution in [0.2, 0.25) is 0 Å². The standard InChI is InChI=1S/C16H24O3/c1-10-5-6-15(19-4)11(2)14(18)7-13-12(10)8-16(13,3)9-17/h12-13,15,17H,1-2,5-9H2,3-4H3. The molecule has 0 bridgehead atoms. The third-order valence-corrected chi connectivity index (χ3v) is 5.12. The number of fused-ring (bicyclic) bond motifs is 1. The zero-order valence-corrected chi connectivity index (χ0v) is 11.9. The normalized spacial score (nSPS) is 39.9. The summed E-state index contributed by atoms with van der Waals surface area (Å²) in [5.41, 5.74) is 1.62. The molecule has 0 aliphatic heterocycles. The van der Waals surface area contributed by atoms with Gasteiger partial charge >= 0.3 is 0 Å². The molecule has 3 heteroatoms. The van der Waals surface area contributed by atoms with Gasteiger partial charge in [0.2, 0.25) is 0 Å². The van der Waals surface area contributed by atoms with E-state index in [2.05, 4.69) is 20.1 Å². The Morgan fingerprint density at radius 2 is 2.16 bits per heavy atom. The maximum absolute atomic E-state index is 12.3. The average molecular weight is 264 g/mol. The lowest BCUT2D eigenvalue weighted by atomic mass is 9.51. The molecule has 2 fully saturated rings. The fourth-order valence-electron chi connectivity index (χ4n) is 3.57. The van der Waals surface area contributed by atoms with Gasteiger partial charge in [0, 0.05) is 25.7 Å². The number of aliphatic hydroxyl groups excluding tert-OH is 1. The molecule has 4 atom stereocenters. The number of hydrogen-bond donors (Lipinski definition) is 1. The Kier molecular flexibility index (Phi) is 3.98. The fourth-order valence-corrected chi connectivity index (χ4v) is 3.57. The summed E-state index contributed by atoms with van der Waals surface area (Å²) >= 11 is 0. The molecule has 0 aromatic rings. The smallest absolute Gasteiger partial charge is 0.161 e. The second-order valence-electron chi connectivity index (χ2n) is 6.30. The van der Waals surface area contributed by atoms with Gasteiger partial charge in [0.15, 0.2) is 5.78 Å². The highest BCUT2D eigenvalue weighted by molar-refractivity contribution is 5.96. The first-order valence-electron chi connectivity index (χ1n) is 6.96. The van der Waals surface area contributed by atoms with E-state index < -0.39 is 0 Å². The number of allylic oxidation sites excluding steroid dienone is 1. The molecular weight excluding hydrogens is 240 g/mol. The Balaban J connectivity index is 2.23. The van der Waals surface area contributed by atoms with E-state index in [4.69, 9.17) is 4.74 Å². The zero-order valence-electron chi connectivity index (χ0n) is 11.9. The van der Waals surface area contributed by atoms with Crippen LogP contribution in [0.15, 0.2) is 24.3 Å². The molecule has 3 nitrogen and oxygen atoms in total. The van der Waals surface area contributed by atoms with Crippen LogP contribution in [-0.2, 0) is 9.53 Å². The monoisotopic (exact) mass is 264 g/mol. The molecule has 2 saturated carbocycles. The summed E-state index contributed by atoms with van der Waals surface area (Å²) in [4.78, 5) is 12.3. The molecule has 0 amide bonds. The fraction of sp³-hybridized carbons (Fsp3) is 0.688. The lowest BCUT2D eigenvalue weighted by molar-refractivity contribution is -0.124. The molecular formula is C16H24O3. The van der Waals surface area contributed by atoms with Crippen LogP contribution in [0.25, 0.3) is 0 Å². The van der Waals surface area contributed by atoms with Crippen molar-refractivity contribution in [3.63, 3.8) is 0 Å². The first-order chi connectivity index (χ1) is 8.92. The number of carbonyl (C=O) groups is 1. The molecule has 0 aromatic carbocycles. The molecule has 0 saturated heterocycles. The molecule has 0 spiro atoms. The van der Waals surface area contributed by atoms with Gasteiger partial charge in [0.1, 0.15) is 0 Å². The molecule has 19 heavy (non-hydrogen) atoms. The Morgan fingerprint density at radius 1 is 1.47 bits per heavy atom. The van der Waals surface area contributed by atoms with Gasteiger partial charge < -0.3 is 9.84 Å². The van der Waals surface area contributed by atoms with Gasteiger partial charge in [-0.25, -0.2) is 0 Å². The van der Waals surface area contributed by atoms with Crippen LogP contribution in [0, 0.1) is 17.3 Å². The summed E-state index contributed by atoms with van der Waals surface area (Å²) in [6.07, 6.45) is 2.85. The lowest BCUT2D eigenvalue weighted by Gasteiger charge is -2.53. The number of rotatable bonds is 2. The van der Waals surface area contributed by atoms with Crippen molar-refractivity contribution in [2.45, 2.75) is 38.7 Å². The second-order valence-corrected chi connectivity index (χ2v) is 6.30. The van der Waals surface area contributed by atoms with Gasteiger partial charge in [-0.1, -0.05) is 25.7 Å². The number of ketones is 1. The van der Waals surface area contributed by atoms with E-state index >= 15 is 0 Å². The van der Waals surface area contributed by atoms with Crippen molar-refractivity contribution in [2.24, 2.45) is 17.3 Å². The van der Waals surface area contributed by atoms with Crippen LogP contribution in [-0.4, -0.2) is 30.7 Å². The van der Waals surface area contributed by atoms with Crippen molar-refractivity contribution >= 4 is 5.78 Å². The highest BCUT2D eigenvalue weighted by atomic mass is 16.5. The van der Waals surface area contributed by atoms with Gasteiger partial charge in [-0.3, -0.25) is 4.79 Å². The molecule has 0 heterocycles. The highest BCUT2D eigenvalue weighted by Crippen LogP contribution is 2.56. The van der Waals surface area contributed by atoms with E-state index in [1.165, 1.54) is 5.57 Å². The van der Waals surface area contributed by atoms with Crippen LogP contribution >= 0.6 is 0 Å². The summed E-state index contributed by atoms with van der Waals surface area (Å²) in [5.74, 6) is 0.644. The van der Waals surface area contributed by atoms with Crippen LogP contribution in [0.4, 0.5) is 0 Å². The molecule has 2 rings (SSSR count). The van der Waals surface area contributed by atoms with Crippen LogP contribution in [0.5, 0.6) is 0 Å². The first-order valence-corrected chi connectivity index (χ1v) is 6.96. The van der Waals surface area contributed by atoms with Gasteiger partial charge in [0.05, 0.1) is 6.10 Å². The summed E-state index contributed by atoms with van der Waals surface area (Å²) < 4.78 is 5.37. The quantitative estimate of drug-likeness (QED) is 0.616. The molecule has 2 aliphatic carbocycles. The first kappa shape index (κ1) is 14.5. The van der Waals surface area contributed by atoms with Crippen LogP contribution in [0.3, 0.4) is 0 Å². The number of carbonyl (C=O) groups excluding carboxylic acids is 1. The van der Waals surface area contributed by atoms with E-state index in [0.29, 0.717) is 17.9 Å². The van der Waals surface area contributed by atoms with E-state index in [-0.39, 0.29) is 29.8 Å². The maximum Gasteiger partial charge on any atom is 0.161 e. The van der Waals surface area contributed by atoms with Crippen molar-refractivity contribution in [1.29, 1.82) is 0 Å². The van der Waals surface area contributed by atoms with Gasteiger partial charge in [-0.05, 0) is 36.5 Å². The average Bonchev–Trinajstić information content (AvgIpc) is 2.43. The predicted molar refractivity (Wildman–Crippen MR) is 74.7 cm³/mol. The van der Waals surface area contributed by atoms with E-state index in [9.17, 15) is 9.90 Å². The van der Waals surface area contributed by atoms with E-state index in [1.807, 2.05) is 0 Å². The van der Waals surface area contributed by atoms with E-state index in [0.717, 1.165) is 19.3 Å². The van der Waals surface area contributed by atoms with Crippen molar-refractivity contribution in [3.05, 3.63) is 24.3 Å². The Bertz CT molecular complexity index is 412. The van der Waals surface area contributed by atoms with Crippen LogP contribution < -0.4 is 0 Å². The summed E-state index contributed by atoms with van der Waals surface area (Å²) in [5, 5.41) is 9.57. The van der Waals surface area contributed by atoms with Crippen molar-refractivity contribution in [3.8, 4) is 0 Å². The third-order valence-electron chi connectivity index (χ3n) is 5.12. The number of Topliss-reactive ketones (excluding diaryl/α,β-unsaturated/α-hetero) is 1. The van der Waals surface area contributed by atoms with Crippen molar-refractivity contribution in [1.82, 2.24) is 0 Å². The number of hydrogen-bond acceptors (Lipinski definition) is 3. The number of aliphatic hydroxyl groups is 1. The van der Waals surface area contributed by atoms with Gasteiger partial charge in [-0.15, -0.1) is 0 Å². The predicted octanol–water partition coefficient (Wildman–Crippen LogP) is 2.50. The van der Waals surface area contributed by atoms with Crippen molar-refractivity contribution in [2.75, 3.05) is 13.7 Å². The minimum absolute atomic E-state index is 0.0796. The second kappa shape index (κ2) is 5.22. The topological polar surface area (TPSA) is 46.5 Å². The molecule has 0 aromatic heterocycles. The third kappa shape index (κ3) is 2.41. The number of ether oxygens (including phenoxy) is 1. The molecule has 1 N–H and O–H groups in total. The summed E-state index contributed by atoms with van der Waals surface area (Å²) in [6, 6.07) is 0. The zero-order chi connectivity index (χ0) is 14.2. The van der Waals surface area contributed by atoms with Crippen LogP contribution in [0.1, 0.15) is 32.6 Å². The summed E-state index contributed by atoms with van der Waals surface area (Å²) in [6.45, 7) is 10.3. The van der Waals surface area contributed by atoms with E-state index in [1.54, 1.807) is 7.11 Å². The SMILES string of the molecule is C=C1C(=O)CC2C(CC2(C)CO)C(=C)CCC1OC. The minimum Gasteiger partial charge on any atom is -0.396 e. The van der Waals surface area contributed by atoms with Crippen molar-refractivity contribution < 1.29 is 14.6 Å². The number of methoxy groups -OCH3 is 1. The highest BCUT2D eigenvalue weighted by Gasteiger charge is 2.52. The summed E-state index contributed by atoms with van der Waals surface area (Å²) in [7, 11) is 1.62.